The summed E-state index contributed by atoms with van der Waals surface area (Å²) in [6.07, 6.45) is 2.14. The number of hydrogen-bond donors (Lipinski definition) is 0. The summed E-state index contributed by atoms with van der Waals surface area (Å²) in [6, 6.07) is 19.3. The van der Waals surface area contributed by atoms with Gasteiger partial charge in [0, 0.05) is 31.6 Å². The average molecular weight is 348 g/mol. The number of benzene rings is 3. The number of rotatable bonds is 4. The van der Waals surface area contributed by atoms with E-state index in [9.17, 15) is 5.11 Å². The van der Waals surface area contributed by atoms with Crippen LogP contribution in [0, 0.1) is 0 Å². The summed E-state index contributed by atoms with van der Waals surface area (Å²) in [4.78, 5) is 2.38. The van der Waals surface area contributed by atoms with Gasteiger partial charge in [-0.25, -0.2) is 0 Å². The predicted octanol–water partition coefficient (Wildman–Crippen LogP) is 5.04. The number of methoxy groups -OCH3 is 1. The summed E-state index contributed by atoms with van der Waals surface area (Å²) < 4.78 is 11.5. The molecule has 0 aliphatic carbocycles. The van der Waals surface area contributed by atoms with Crippen molar-refractivity contribution in [3.8, 4) is 17.2 Å². The first-order chi connectivity index (χ1) is 12.7. The maximum atomic E-state index is 11.5. The normalized spacial score (nSPS) is 15.2. The molecule has 0 N–H and O–H groups in total. The van der Waals surface area contributed by atoms with Gasteiger partial charge in [0.2, 0.25) is 0 Å². The van der Waals surface area contributed by atoms with E-state index < -0.39 is 0 Å². The fourth-order valence-corrected chi connectivity index (χ4v) is 3.54. The van der Waals surface area contributed by atoms with Crippen LogP contribution in [0.3, 0.4) is 0 Å². The van der Waals surface area contributed by atoms with Crippen molar-refractivity contribution in [2.24, 2.45) is 0 Å². The minimum absolute atomic E-state index is 0.0551. The minimum Gasteiger partial charge on any atom is -0.493 e. The molecule has 1 saturated heterocycles. The maximum absolute atomic E-state index is 11.5. The van der Waals surface area contributed by atoms with E-state index in [0.29, 0.717) is 0 Å². The Labute approximate surface area is 153 Å². The average Bonchev–Trinajstić information content (AvgIpc) is 2.68. The summed E-state index contributed by atoms with van der Waals surface area (Å²) in [6.45, 7) is 1.90. The van der Waals surface area contributed by atoms with Crippen molar-refractivity contribution >= 4 is 16.5 Å². The molecule has 26 heavy (non-hydrogen) atoms. The second-order valence-corrected chi connectivity index (χ2v) is 6.65. The molecule has 0 atom stereocenters. The lowest BCUT2D eigenvalue weighted by Crippen LogP contribution is -2.38. The Kier molecular flexibility index (Phi) is 4.57. The van der Waals surface area contributed by atoms with Crippen LogP contribution >= 0.6 is 0 Å². The highest BCUT2D eigenvalue weighted by molar-refractivity contribution is 5.87. The second-order valence-electron chi connectivity index (χ2n) is 6.65. The van der Waals surface area contributed by atoms with Crippen molar-refractivity contribution < 1.29 is 14.6 Å². The summed E-state index contributed by atoms with van der Waals surface area (Å²) in [7, 11) is 1.67. The molecule has 0 unspecified atom stereocenters. The van der Waals surface area contributed by atoms with Crippen molar-refractivity contribution in [2.75, 3.05) is 25.1 Å². The highest BCUT2D eigenvalue weighted by Gasteiger charge is 2.22. The largest absolute Gasteiger partial charge is 0.493 e. The first-order valence-corrected chi connectivity index (χ1v) is 8.98. The standard InChI is InChI=1S/C22H22NO3/c1-25-21-4-2-3-5-22(21)26-20-10-12-23(13-11-20)18-8-6-17-15-19(24)9-7-16(17)14-18/h2-9,14-15,20H,10-13H2,1H3. The van der Waals surface area contributed by atoms with Crippen molar-refractivity contribution in [3.63, 3.8) is 0 Å². The number of piperidine rings is 1. The van der Waals surface area contributed by atoms with E-state index in [1.165, 1.54) is 5.69 Å². The molecule has 4 nitrogen and oxygen atoms in total. The van der Waals surface area contributed by atoms with Gasteiger partial charge in [-0.15, -0.1) is 0 Å². The topological polar surface area (TPSA) is 41.6 Å². The maximum Gasteiger partial charge on any atom is 0.179 e. The van der Waals surface area contributed by atoms with Crippen LogP contribution in [-0.2, 0) is 5.11 Å². The van der Waals surface area contributed by atoms with E-state index in [1.54, 1.807) is 19.2 Å². The summed E-state index contributed by atoms with van der Waals surface area (Å²) in [5.41, 5.74) is 1.20. The van der Waals surface area contributed by atoms with Gasteiger partial charge in [-0.2, -0.15) is 0 Å². The van der Waals surface area contributed by atoms with Crippen molar-refractivity contribution in [3.05, 3.63) is 60.7 Å². The molecule has 3 aromatic rings. The summed E-state index contributed by atoms with van der Waals surface area (Å²) in [5, 5.41) is 13.6. The number of nitrogens with zero attached hydrogens (tertiary/aromatic N) is 1. The van der Waals surface area contributed by atoms with Crippen LogP contribution in [-0.4, -0.2) is 26.3 Å². The van der Waals surface area contributed by atoms with Gasteiger partial charge in [0.25, 0.3) is 0 Å². The van der Waals surface area contributed by atoms with Crippen LogP contribution in [0.5, 0.6) is 17.2 Å². The SMILES string of the molecule is COc1ccccc1OC1CCN(c2ccc3cc([O])ccc3c2)CC1. The van der Waals surface area contributed by atoms with Crippen molar-refractivity contribution in [2.45, 2.75) is 18.9 Å². The molecule has 3 aromatic carbocycles. The monoisotopic (exact) mass is 348 g/mol. The molecule has 4 heteroatoms. The Morgan fingerprint density at radius 3 is 2.35 bits per heavy atom. The van der Waals surface area contributed by atoms with Gasteiger partial charge in [-0.1, -0.05) is 24.3 Å². The highest BCUT2D eigenvalue weighted by atomic mass is 16.5. The molecule has 1 aliphatic heterocycles. The number of anilines is 1. The molecule has 0 aromatic heterocycles. The Hall–Kier alpha value is -2.88. The fourth-order valence-electron chi connectivity index (χ4n) is 3.54. The van der Waals surface area contributed by atoms with Gasteiger partial charge in [-0.05, 0) is 47.2 Å². The Bertz CT molecular complexity index is 901. The molecule has 0 spiro atoms. The van der Waals surface area contributed by atoms with Gasteiger partial charge in [0.15, 0.2) is 17.2 Å². The molecule has 1 fully saturated rings. The van der Waals surface area contributed by atoms with Gasteiger partial charge in [0.05, 0.1) is 7.11 Å². The zero-order chi connectivity index (χ0) is 17.9. The zero-order valence-electron chi connectivity index (χ0n) is 14.9. The quantitative estimate of drug-likeness (QED) is 0.663. The number of ether oxygens (including phenoxy) is 2. The third kappa shape index (κ3) is 3.40. The highest BCUT2D eigenvalue weighted by Crippen LogP contribution is 2.31. The Morgan fingerprint density at radius 2 is 1.58 bits per heavy atom. The first kappa shape index (κ1) is 16.6. The molecule has 1 heterocycles. The number of para-hydroxylation sites is 2. The second kappa shape index (κ2) is 7.16. The molecule has 0 saturated carbocycles. The van der Waals surface area contributed by atoms with E-state index >= 15 is 0 Å². The number of fused-ring (bicyclic) bond motifs is 1. The van der Waals surface area contributed by atoms with Crippen LogP contribution in [0.15, 0.2) is 60.7 Å². The Morgan fingerprint density at radius 1 is 0.885 bits per heavy atom. The first-order valence-electron chi connectivity index (χ1n) is 8.98. The van der Waals surface area contributed by atoms with Gasteiger partial charge >= 0.3 is 0 Å². The molecule has 133 valence electrons. The lowest BCUT2D eigenvalue weighted by Gasteiger charge is -2.34. The van der Waals surface area contributed by atoms with Crippen LogP contribution in [0.4, 0.5) is 5.69 Å². The summed E-state index contributed by atoms with van der Waals surface area (Å²) in [5.74, 6) is 1.65. The molecular weight excluding hydrogens is 326 g/mol. The van der Waals surface area contributed by atoms with Gasteiger partial charge in [0.1, 0.15) is 6.10 Å². The smallest absolute Gasteiger partial charge is 0.179 e. The van der Waals surface area contributed by atoms with Crippen LogP contribution in [0.1, 0.15) is 12.8 Å². The molecule has 1 aliphatic rings. The lowest BCUT2D eigenvalue weighted by atomic mass is 10.0. The third-order valence-electron chi connectivity index (χ3n) is 4.97. The molecule has 1 radical (unpaired) electrons. The van der Waals surface area contributed by atoms with Crippen molar-refractivity contribution in [1.29, 1.82) is 0 Å². The van der Waals surface area contributed by atoms with Crippen LogP contribution in [0.2, 0.25) is 0 Å². The van der Waals surface area contributed by atoms with Gasteiger partial charge in [-0.3, -0.25) is 5.11 Å². The van der Waals surface area contributed by atoms with E-state index in [-0.39, 0.29) is 11.9 Å². The van der Waals surface area contributed by atoms with Crippen LogP contribution < -0.4 is 14.4 Å². The summed E-state index contributed by atoms with van der Waals surface area (Å²) >= 11 is 0. The van der Waals surface area contributed by atoms with Crippen LogP contribution in [0.25, 0.3) is 10.8 Å². The molecule has 0 bridgehead atoms. The fraction of sp³-hybridized carbons (Fsp3) is 0.273. The third-order valence-corrected chi connectivity index (χ3v) is 4.97. The van der Waals surface area contributed by atoms with Crippen molar-refractivity contribution in [1.82, 2.24) is 0 Å². The predicted molar refractivity (Wildman–Crippen MR) is 103 cm³/mol. The zero-order valence-corrected chi connectivity index (χ0v) is 14.9. The van der Waals surface area contributed by atoms with E-state index in [2.05, 4.69) is 17.0 Å². The lowest BCUT2D eigenvalue weighted by molar-refractivity contribution is 0.164. The Balaban J connectivity index is 1.42. The van der Waals surface area contributed by atoms with E-state index in [1.807, 2.05) is 36.4 Å². The van der Waals surface area contributed by atoms with E-state index in [4.69, 9.17) is 9.47 Å². The van der Waals surface area contributed by atoms with E-state index in [0.717, 1.165) is 48.2 Å². The molecule has 4 rings (SSSR count). The molecule has 0 amide bonds. The molecular formula is C22H22NO3. The number of hydrogen-bond acceptors (Lipinski definition) is 3. The van der Waals surface area contributed by atoms with Gasteiger partial charge < -0.3 is 14.4 Å². The minimum atomic E-state index is 0.0551.